The van der Waals surface area contributed by atoms with Crippen LogP contribution in [0.3, 0.4) is 0 Å². The van der Waals surface area contributed by atoms with Gasteiger partial charge < -0.3 is 5.73 Å². The Balaban J connectivity index is 1.99. The molecule has 30 heavy (non-hydrogen) atoms. The number of carbonyl (C=O) groups is 1. The molecule has 1 aromatic carbocycles. The van der Waals surface area contributed by atoms with Crippen LogP contribution in [-0.4, -0.2) is 34.2 Å². The van der Waals surface area contributed by atoms with Crippen molar-refractivity contribution in [2.45, 2.75) is 32.6 Å². The molecule has 0 fully saturated rings. The maximum atomic E-state index is 12.0. The van der Waals surface area contributed by atoms with Crippen LogP contribution in [0.15, 0.2) is 53.9 Å². The molecule has 2 aromatic heterocycles. The number of aliphatic imine (C=N–C) groups is 1. The monoisotopic (exact) mass is 413 g/mol. The van der Waals surface area contributed by atoms with Crippen LogP contribution in [0, 0.1) is 11.5 Å². The Kier molecular flexibility index (Phi) is 4.88. The van der Waals surface area contributed by atoms with Gasteiger partial charge in [-0.05, 0) is 37.3 Å². The molecular formula is C23H23N5OSi. The van der Waals surface area contributed by atoms with Crippen molar-refractivity contribution < 1.29 is 4.79 Å². The normalized spacial score (nSPS) is 15.2. The Labute approximate surface area is 176 Å². The SMILES string of the molecule is C[C@H]1N=C(c2ccccn2)c2cc(C#C[Si](C)(C)C)ccc2-n2cnc(C(N)=O)c21. The van der Waals surface area contributed by atoms with E-state index in [-0.39, 0.29) is 11.7 Å². The largest absolute Gasteiger partial charge is 0.364 e. The van der Waals surface area contributed by atoms with Crippen LogP contribution in [-0.2, 0) is 0 Å². The van der Waals surface area contributed by atoms with E-state index < -0.39 is 14.0 Å². The number of benzene rings is 1. The van der Waals surface area contributed by atoms with Crippen LogP contribution < -0.4 is 5.73 Å². The maximum absolute atomic E-state index is 12.0. The molecule has 3 aromatic rings. The van der Waals surface area contributed by atoms with Gasteiger partial charge in [0.2, 0.25) is 0 Å². The summed E-state index contributed by atoms with van der Waals surface area (Å²) in [5.41, 5.74) is 14.1. The summed E-state index contributed by atoms with van der Waals surface area (Å²) in [7, 11) is -1.51. The van der Waals surface area contributed by atoms with Crippen molar-refractivity contribution in [1.82, 2.24) is 14.5 Å². The lowest BCUT2D eigenvalue weighted by atomic mass is 10.0. The standard InChI is InChI=1S/C23H23N5OSi/c1-15-22-21(23(24)29)26-14-28(22)19-9-8-16(10-12-30(2,3)4)13-17(19)20(27-15)18-7-5-6-11-25-18/h5-9,11,13-15H,1-4H3,(H2,24,29)/t15-/m1/s1. The molecule has 0 saturated heterocycles. The third-order valence-corrected chi connectivity index (χ3v) is 5.63. The first kappa shape index (κ1) is 19.8. The van der Waals surface area contributed by atoms with Gasteiger partial charge in [0.05, 0.1) is 28.8 Å². The summed E-state index contributed by atoms with van der Waals surface area (Å²) in [5.74, 6) is 2.76. The Hall–Kier alpha value is -3.50. The summed E-state index contributed by atoms with van der Waals surface area (Å²) in [6, 6.07) is 11.5. The topological polar surface area (TPSA) is 86.2 Å². The van der Waals surface area contributed by atoms with E-state index in [2.05, 4.69) is 41.1 Å². The van der Waals surface area contributed by atoms with Crippen LogP contribution in [0.2, 0.25) is 19.6 Å². The summed E-state index contributed by atoms with van der Waals surface area (Å²) in [4.78, 5) is 25.7. The highest BCUT2D eigenvalue weighted by Gasteiger charge is 2.28. The predicted octanol–water partition coefficient (Wildman–Crippen LogP) is 3.51. The number of pyridine rings is 1. The first-order valence-corrected chi connectivity index (χ1v) is 13.3. The molecule has 0 unspecified atom stereocenters. The molecule has 1 aliphatic heterocycles. The van der Waals surface area contributed by atoms with Crippen molar-refractivity contribution in [3.05, 3.63) is 77.1 Å². The number of nitrogens with two attached hydrogens (primary N) is 1. The smallest absolute Gasteiger partial charge is 0.269 e. The Bertz CT molecular complexity index is 1230. The summed E-state index contributed by atoms with van der Waals surface area (Å²) >= 11 is 0. The number of carbonyl (C=O) groups excluding carboxylic acids is 1. The lowest BCUT2D eigenvalue weighted by Gasteiger charge is -2.12. The first-order chi connectivity index (χ1) is 14.2. The van der Waals surface area contributed by atoms with E-state index in [1.54, 1.807) is 12.5 Å². The van der Waals surface area contributed by atoms with Crippen molar-refractivity contribution in [3.8, 4) is 17.2 Å². The van der Waals surface area contributed by atoms with Gasteiger partial charge in [-0.2, -0.15) is 0 Å². The van der Waals surface area contributed by atoms with Crippen LogP contribution in [0.4, 0.5) is 0 Å². The zero-order chi connectivity index (χ0) is 21.5. The molecule has 1 aliphatic rings. The number of fused-ring (bicyclic) bond motifs is 3. The maximum Gasteiger partial charge on any atom is 0.269 e. The summed E-state index contributed by atoms with van der Waals surface area (Å²) in [6.45, 7) is 8.58. The number of amides is 1. The first-order valence-electron chi connectivity index (χ1n) is 9.79. The Morgan fingerprint density at radius 1 is 1.17 bits per heavy atom. The third kappa shape index (κ3) is 3.70. The van der Waals surface area contributed by atoms with Gasteiger partial charge in [0.25, 0.3) is 5.91 Å². The third-order valence-electron chi connectivity index (χ3n) is 4.76. The van der Waals surface area contributed by atoms with Crippen molar-refractivity contribution in [1.29, 1.82) is 0 Å². The van der Waals surface area contributed by atoms with Crippen LogP contribution in [0.1, 0.15) is 46.0 Å². The highest BCUT2D eigenvalue weighted by molar-refractivity contribution is 6.83. The number of aromatic nitrogens is 3. The van der Waals surface area contributed by atoms with Crippen LogP contribution in [0.5, 0.6) is 0 Å². The second-order valence-electron chi connectivity index (χ2n) is 8.31. The molecule has 0 spiro atoms. The molecule has 2 N–H and O–H groups in total. The van der Waals surface area contributed by atoms with Gasteiger partial charge in [0.1, 0.15) is 14.4 Å². The van der Waals surface area contributed by atoms with Gasteiger partial charge >= 0.3 is 0 Å². The van der Waals surface area contributed by atoms with Crippen LogP contribution in [0.25, 0.3) is 5.69 Å². The summed E-state index contributed by atoms with van der Waals surface area (Å²) in [6.07, 6.45) is 3.38. The molecule has 4 rings (SSSR count). The number of nitrogens with zero attached hydrogens (tertiary/aromatic N) is 4. The van der Waals surface area contributed by atoms with Gasteiger partial charge in [-0.25, -0.2) is 4.98 Å². The lowest BCUT2D eigenvalue weighted by molar-refractivity contribution is 0.0994. The number of imidazole rings is 1. The van der Waals surface area contributed by atoms with Crippen molar-refractivity contribution in [3.63, 3.8) is 0 Å². The van der Waals surface area contributed by atoms with Gasteiger partial charge in [0, 0.05) is 17.3 Å². The molecule has 3 heterocycles. The fourth-order valence-electron chi connectivity index (χ4n) is 3.44. The second-order valence-corrected chi connectivity index (χ2v) is 13.1. The number of hydrogen-bond donors (Lipinski definition) is 1. The average Bonchev–Trinajstić information content (AvgIpc) is 3.11. The van der Waals surface area contributed by atoms with Gasteiger partial charge in [-0.1, -0.05) is 31.6 Å². The van der Waals surface area contributed by atoms with E-state index in [0.29, 0.717) is 5.69 Å². The van der Waals surface area contributed by atoms with E-state index in [1.165, 1.54) is 0 Å². The highest BCUT2D eigenvalue weighted by atomic mass is 28.3. The van der Waals surface area contributed by atoms with Gasteiger partial charge in [-0.15, -0.1) is 5.54 Å². The molecule has 0 saturated carbocycles. The van der Waals surface area contributed by atoms with Gasteiger partial charge in [-0.3, -0.25) is 19.3 Å². The molecule has 0 radical (unpaired) electrons. The van der Waals surface area contributed by atoms with E-state index in [0.717, 1.165) is 28.2 Å². The lowest BCUT2D eigenvalue weighted by Crippen LogP contribution is -2.16. The van der Waals surface area contributed by atoms with Gasteiger partial charge in [0.15, 0.2) is 5.69 Å². The zero-order valence-electron chi connectivity index (χ0n) is 17.5. The second kappa shape index (κ2) is 7.39. The fraction of sp³-hybridized carbons (Fsp3) is 0.217. The summed E-state index contributed by atoms with van der Waals surface area (Å²) in [5, 5.41) is 0. The Morgan fingerprint density at radius 2 is 1.97 bits per heavy atom. The number of hydrogen-bond acceptors (Lipinski definition) is 4. The zero-order valence-corrected chi connectivity index (χ0v) is 18.5. The predicted molar refractivity (Wildman–Crippen MR) is 121 cm³/mol. The van der Waals surface area contributed by atoms with Crippen LogP contribution >= 0.6 is 0 Å². The molecule has 150 valence electrons. The molecular weight excluding hydrogens is 390 g/mol. The molecule has 1 atom stereocenters. The molecule has 6 nitrogen and oxygen atoms in total. The minimum atomic E-state index is -1.51. The minimum Gasteiger partial charge on any atom is -0.364 e. The number of rotatable bonds is 2. The molecule has 7 heteroatoms. The molecule has 0 bridgehead atoms. The average molecular weight is 414 g/mol. The van der Waals surface area contributed by atoms with E-state index in [1.807, 2.05) is 47.9 Å². The number of primary amides is 1. The quantitative estimate of drug-likeness (QED) is 0.515. The minimum absolute atomic E-state index is 0.238. The van der Waals surface area contributed by atoms with E-state index in [4.69, 9.17) is 10.7 Å². The fourth-order valence-corrected chi connectivity index (χ4v) is 3.96. The molecule has 1 amide bonds. The van der Waals surface area contributed by atoms with E-state index >= 15 is 0 Å². The van der Waals surface area contributed by atoms with E-state index in [9.17, 15) is 4.79 Å². The van der Waals surface area contributed by atoms with Crippen molar-refractivity contribution in [2.75, 3.05) is 0 Å². The highest BCUT2D eigenvalue weighted by Crippen LogP contribution is 2.32. The van der Waals surface area contributed by atoms with Crippen molar-refractivity contribution >= 4 is 19.7 Å². The summed E-state index contributed by atoms with van der Waals surface area (Å²) < 4.78 is 1.90. The van der Waals surface area contributed by atoms with Crippen molar-refractivity contribution in [2.24, 2.45) is 10.7 Å². The molecule has 0 aliphatic carbocycles. The Morgan fingerprint density at radius 3 is 2.63 bits per heavy atom.